The van der Waals surface area contributed by atoms with Crippen LogP contribution in [0.1, 0.15) is 53.4 Å². The van der Waals surface area contributed by atoms with Gasteiger partial charge in [0.25, 0.3) is 0 Å². The predicted octanol–water partition coefficient (Wildman–Crippen LogP) is 3.04. The zero-order valence-electron chi connectivity index (χ0n) is 21.2. The lowest BCUT2D eigenvalue weighted by Crippen LogP contribution is -2.42. The van der Waals surface area contributed by atoms with E-state index in [1.54, 1.807) is 12.0 Å². The molecule has 1 unspecified atom stereocenters. The van der Waals surface area contributed by atoms with Crippen molar-refractivity contribution in [3.05, 3.63) is 40.7 Å². The number of aromatic nitrogens is 2. The van der Waals surface area contributed by atoms with Crippen LogP contribution in [-0.2, 0) is 22.4 Å². The highest BCUT2D eigenvalue weighted by atomic mass is 16.6. The number of cyclic esters (lactones) is 1. The largest absolute Gasteiger partial charge is 0.486 e. The summed E-state index contributed by atoms with van der Waals surface area (Å²) in [6.07, 6.45) is 4.40. The van der Waals surface area contributed by atoms with Gasteiger partial charge in [0.15, 0.2) is 6.29 Å². The summed E-state index contributed by atoms with van der Waals surface area (Å²) in [5, 5.41) is 12.2. The number of pyridine rings is 2. The van der Waals surface area contributed by atoms with Crippen LogP contribution in [-0.4, -0.2) is 71.8 Å². The molecule has 0 radical (unpaired) electrons. The summed E-state index contributed by atoms with van der Waals surface area (Å²) in [5.74, 6) is 0.932. The van der Waals surface area contributed by atoms with Crippen LogP contribution in [0.15, 0.2) is 18.3 Å². The van der Waals surface area contributed by atoms with Crippen LogP contribution in [0.3, 0.4) is 0 Å². The molecule has 5 rings (SSSR count). The molecule has 0 aromatic carbocycles. The third-order valence-electron chi connectivity index (χ3n) is 7.14. The lowest BCUT2D eigenvalue weighted by molar-refractivity contribution is -0.0626. The molecule has 0 bridgehead atoms. The van der Waals surface area contributed by atoms with E-state index in [1.807, 2.05) is 13.0 Å². The molecule has 1 N–H and O–H groups in total. The summed E-state index contributed by atoms with van der Waals surface area (Å²) in [6, 6.07) is 4.84. The molecule has 0 spiro atoms. The number of fused-ring (bicyclic) bond motifs is 1. The van der Waals surface area contributed by atoms with Crippen LogP contribution >= 0.6 is 0 Å². The summed E-state index contributed by atoms with van der Waals surface area (Å²) < 4.78 is 16.4. The number of carbonyl (C=O) groups is 3. The maximum Gasteiger partial charge on any atom is 0.410 e. The third-order valence-corrected chi connectivity index (χ3v) is 7.14. The number of aryl methyl sites for hydroxylation is 1. The number of nitrogens with zero attached hydrogens (tertiary/aromatic N) is 5. The van der Waals surface area contributed by atoms with Crippen molar-refractivity contribution in [2.45, 2.75) is 57.4 Å². The van der Waals surface area contributed by atoms with Crippen molar-refractivity contribution in [2.24, 2.45) is 0 Å². The van der Waals surface area contributed by atoms with Gasteiger partial charge < -0.3 is 14.2 Å². The average Bonchev–Trinajstić information content (AvgIpc) is 3.22. The monoisotopic (exact) mass is 520 g/mol. The van der Waals surface area contributed by atoms with Crippen molar-refractivity contribution in [1.29, 1.82) is 5.26 Å². The van der Waals surface area contributed by atoms with Gasteiger partial charge in [-0.2, -0.15) is 5.26 Å². The van der Waals surface area contributed by atoms with E-state index in [0.29, 0.717) is 49.4 Å². The molecule has 12 nitrogen and oxygen atoms in total. The van der Waals surface area contributed by atoms with Gasteiger partial charge in [0.1, 0.15) is 47.4 Å². The van der Waals surface area contributed by atoms with Gasteiger partial charge >= 0.3 is 12.1 Å². The number of nitrogens with one attached hydrogen (secondary N) is 1. The molecular weight excluding hydrogens is 492 g/mol. The number of ether oxygens (including phenoxy) is 3. The van der Waals surface area contributed by atoms with Gasteiger partial charge in [-0.05, 0) is 44.2 Å². The lowest BCUT2D eigenvalue weighted by Gasteiger charge is -2.35. The number of aldehydes is 1. The molecular formula is C26H28N6O6. The average molecular weight is 521 g/mol. The fourth-order valence-corrected chi connectivity index (χ4v) is 4.80. The summed E-state index contributed by atoms with van der Waals surface area (Å²) in [6.45, 7) is 2.77. The second-order valence-electron chi connectivity index (χ2n) is 9.56. The molecule has 2 fully saturated rings. The van der Waals surface area contributed by atoms with Crippen molar-refractivity contribution in [1.82, 2.24) is 14.9 Å². The minimum Gasteiger partial charge on any atom is -0.486 e. The maximum atomic E-state index is 13.3. The molecule has 198 valence electrons. The van der Waals surface area contributed by atoms with Crippen molar-refractivity contribution < 1.29 is 28.6 Å². The summed E-state index contributed by atoms with van der Waals surface area (Å²) in [7, 11) is 1.62. The van der Waals surface area contributed by atoms with E-state index in [4.69, 9.17) is 14.2 Å². The van der Waals surface area contributed by atoms with Crippen LogP contribution in [0.2, 0.25) is 0 Å². The normalized spacial score (nSPS) is 22.1. The second kappa shape index (κ2) is 10.6. The highest BCUT2D eigenvalue weighted by Crippen LogP contribution is 2.32. The quantitative estimate of drug-likeness (QED) is 0.544. The number of hydrogen-bond donors (Lipinski definition) is 1. The standard InChI is InChI=1S/C26H28N6O6/c1-15-14-37-26(35)32(15)12-17-8-16-4-3-7-31(24(16)29-19(17)13-33)25(34)30-23-9-22(18(10-27)11-28-23)38-21-6-5-20(21)36-2/h8-9,11,13,15,20-21H,3-7,12,14H2,1-2H3,(H,28,30,34)/t15?,20-,21-/m0/s1. The number of carbonyl (C=O) groups excluding carboxylic acids is 3. The fourth-order valence-electron chi connectivity index (χ4n) is 4.80. The maximum absolute atomic E-state index is 13.3. The molecule has 2 aromatic rings. The Morgan fingerprint density at radius 2 is 2.16 bits per heavy atom. The zero-order valence-corrected chi connectivity index (χ0v) is 21.2. The van der Waals surface area contributed by atoms with Gasteiger partial charge in [0, 0.05) is 25.3 Å². The van der Waals surface area contributed by atoms with Crippen molar-refractivity contribution >= 4 is 30.0 Å². The molecule has 2 aliphatic heterocycles. The number of hydrogen-bond acceptors (Lipinski definition) is 9. The first-order valence-electron chi connectivity index (χ1n) is 12.5. The van der Waals surface area contributed by atoms with Gasteiger partial charge in [-0.3, -0.25) is 19.9 Å². The Kier molecular flexibility index (Phi) is 7.11. The smallest absolute Gasteiger partial charge is 0.410 e. The van der Waals surface area contributed by atoms with Crippen LogP contribution in [0.4, 0.5) is 21.2 Å². The molecule has 3 amide bonds. The molecule has 38 heavy (non-hydrogen) atoms. The second-order valence-corrected chi connectivity index (χ2v) is 9.56. The van der Waals surface area contributed by atoms with E-state index >= 15 is 0 Å². The first-order valence-corrected chi connectivity index (χ1v) is 12.5. The fraction of sp³-hybridized carbons (Fsp3) is 0.462. The zero-order chi connectivity index (χ0) is 26.8. The summed E-state index contributed by atoms with van der Waals surface area (Å²) >= 11 is 0. The van der Waals surface area contributed by atoms with E-state index in [9.17, 15) is 19.6 Å². The van der Waals surface area contributed by atoms with Crippen LogP contribution in [0.25, 0.3) is 0 Å². The molecule has 3 aliphatic rings. The Morgan fingerprint density at radius 1 is 1.34 bits per heavy atom. The number of nitriles is 1. The molecule has 1 saturated heterocycles. The van der Waals surface area contributed by atoms with Gasteiger partial charge in [-0.1, -0.05) is 0 Å². The SMILES string of the molecule is CO[C@H]1CC[C@@H]1Oc1cc(NC(=O)N2CCCc3cc(CN4C(=O)OCC4C)c(C=O)nc32)ncc1C#N. The van der Waals surface area contributed by atoms with Crippen LogP contribution < -0.4 is 15.0 Å². The van der Waals surface area contributed by atoms with Crippen LogP contribution in [0.5, 0.6) is 5.75 Å². The van der Waals surface area contributed by atoms with Crippen LogP contribution in [0, 0.1) is 11.3 Å². The summed E-state index contributed by atoms with van der Waals surface area (Å²) in [5.41, 5.74) is 1.83. The highest BCUT2D eigenvalue weighted by Gasteiger charge is 2.34. The van der Waals surface area contributed by atoms with Gasteiger partial charge in [0.2, 0.25) is 0 Å². The predicted molar refractivity (Wildman–Crippen MR) is 134 cm³/mol. The Bertz CT molecular complexity index is 1310. The number of methoxy groups -OCH3 is 1. The molecule has 1 saturated carbocycles. The number of rotatable bonds is 7. The Labute approximate surface area is 219 Å². The van der Waals surface area contributed by atoms with E-state index in [-0.39, 0.29) is 41.9 Å². The van der Waals surface area contributed by atoms with Crippen molar-refractivity contribution in [2.75, 3.05) is 30.5 Å². The Morgan fingerprint density at radius 3 is 2.82 bits per heavy atom. The molecule has 12 heteroatoms. The van der Waals surface area contributed by atoms with E-state index in [0.717, 1.165) is 18.4 Å². The Hall–Kier alpha value is -4.24. The summed E-state index contributed by atoms with van der Waals surface area (Å²) in [4.78, 5) is 49.0. The van der Waals surface area contributed by atoms with Crippen molar-refractivity contribution in [3.8, 4) is 11.8 Å². The minimum absolute atomic E-state index is 0.0418. The first kappa shape index (κ1) is 25.4. The topological polar surface area (TPSA) is 147 Å². The molecule has 3 atom stereocenters. The molecule has 1 aliphatic carbocycles. The van der Waals surface area contributed by atoms with E-state index in [1.165, 1.54) is 17.2 Å². The molecule has 2 aromatic heterocycles. The number of urea groups is 1. The van der Waals surface area contributed by atoms with E-state index in [2.05, 4.69) is 21.4 Å². The molecule has 4 heterocycles. The van der Waals surface area contributed by atoms with Crippen molar-refractivity contribution in [3.63, 3.8) is 0 Å². The van der Waals surface area contributed by atoms with Gasteiger partial charge in [-0.15, -0.1) is 0 Å². The first-order chi connectivity index (χ1) is 18.4. The van der Waals surface area contributed by atoms with Gasteiger partial charge in [-0.25, -0.2) is 19.6 Å². The lowest BCUT2D eigenvalue weighted by atomic mass is 9.92. The number of amides is 3. The highest BCUT2D eigenvalue weighted by molar-refractivity contribution is 6.01. The van der Waals surface area contributed by atoms with E-state index < -0.39 is 12.1 Å². The minimum atomic E-state index is -0.471. The van der Waals surface area contributed by atoms with Gasteiger partial charge in [0.05, 0.1) is 24.9 Å². The number of anilines is 2. The Balaban J connectivity index is 1.35. The third kappa shape index (κ3) is 4.84.